The monoisotopic (exact) mass is 251 g/mol. The number of rotatable bonds is 2. The van der Waals surface area contributed by atoms with Crippen molar-refractivity contribution in [2.75, 3.05) is 0 Å². The Hall–Kier alpha value is -2.02. The van der Waals surface area contributed by atoms with E-state index in [4.69, 9.17) is 0 Å². The molecule has 2 heterocycles. The minimum atomic E-state index is -0.686. The fourth-order valence-corrected chi connectivity index (χ4v) is 2.15. The van der Waals surface area contributed by atoms with E-state index >= 15 is 0 Å². The smallest absolute Gasteiger partial charge is 0.261 e. The van der Waals surface area contributed by atoms with E-state index in [-0.39, 0.29) is 5.69 Å². The molecular weight excluding hydrogens is 242 g/mol. The highest BCUT2D eigenvalue weighted by Crippen LogP contribution is 2.17. The summed E-state index contributed by atoms with van der Waals surface area (Å²) < 4.78 is 1.19. The van der Waals surface area contributed by atoms with E-state index in [1.807, 2.05) is 0 Å². The molecule has 2 aromatic rings. The van der Waals surface area contributed by atoms with Crippen molar-refractivity contribution in [2.45, 2.75) is 13.8 Å². The quantitative estimate of drug-likeness (QED) is 0.604. The number of thiazole rings is 1. The lowest BCUT2D eigenvalue weighted by molar-refractivity contribution is -0.386. The molecule has 17 heavy (non-hydrogen) atoms. The molecule has 6 nitrogen and oxygen atoms in total. The summed E-state index contributed by atoms with van der Waals surface area (Å²) in [5, 5.41) is 12.6. The largest absolute Gasteiger partial charge is 0.359 e. The molecule has 2 aromatic heterocycles. The average molecular weight is 251 g/mol. The fraction of sp³-hybridized carbons (Fsp3) is 0.200. The third kappa shape index (κ3) is 1.96. The molecule has 2 rings (SSSR count). The molecule has 88 valence electrons. The van der Waals surface area contributed by atoms with Gasteiger partial charge in [0.25, 0.3) is 0 Å². The lowest BCUT2D eigenvalue weighted by Gasteiger charge is -1.98. The normalized spacial score (nSPS) is 10.5. The highest BCUT2D eigenvalue weighted by molar-refractivity contribution is 7.15. The maximum atomic E-state index is 11.9. The van der Waals surface area contributed by atoms with Gasteiger partial charge in [0.05, 0.1) is 4.92 Å². The van der Waals surface area contributed by atoms with Gasteiger partial charge < -0.3 is 0 Å². The zero-order valence-electron chi connectivity index (χ0n) is 9.21. The van der Waals surface area contributed by atoms with Crippen LogP contribution in [-0.2, 0) is 0 Å². The van der Waals surface area contributed by atoms with Gasteiger partial charge in [-0.1, -0.05) is 5.57 Å². The second kappa shape index (κ2) is 4.10. The summed E-state index contributed by atoms with van der Waals surface area (Å²) >= 11 is 1.26. The molecule has 0 amide bonds. The zero-order chi connectivity index (χ0) is 12.6. The molecule has 0 aromatic carbocycles. The molecule has 0 fully saturated rings. The van der Waals surface area contributed by atoms with Crippen LogP contribution in [0.25, 0.3) is 11.0 Å². The van der Waals surface area contributed by atoms with Crippen LogP contribution < -0.4 is 5.56 Å². The van der Waals surface area contributed by atoms with Crippen LogP contribution in [-0.4, -0.2) is 14.3 Å². The van der Waals surface area contributed by atoms with Gasteiger partial charge in [-0.25, -0.2) is 4.98 Å². The molecule has 0 bridgehead atoms. The van der Waals surface area contributed by atoms with Gasteiger partial charge in [-0.05, 0) is 19.9 Å². The van der Waals surface area contributed by atoms with Crippen molar-refractivity contribution in [3.63, 3.8) is 0 Å². The van der Waals surface area contributed by atoms with Crippen LogP contribution >= 0.6 is 11.3 Å². The molecule has 0 atom stereocenters. The lowest BCUT2D eigenvalue weighted by atomic mass is 10.2. The third-order valence-electron chi connectivity index (χ3n) is 2.08. The van der Waals surface area contributed by atoms with Crippen LogP contribution in [0.3, 0.4) is 0 Å². The van der Waals surface area contributed by atoms with E-state index in [1.54, 1.807) is 25.3 Å². The van der Waals surface area contributed by atoms with Crippen LogP contribution in [0.1, 0.15) is 19.5 Å². The van der Waals surface area contributed by atoms with E-state index in [9.17, 15) is 14.9 Å². The van der Waals surface area contributed by atoms with Crippen molar-refractivity contribution in [1.82, 2.24) is 9.38 Å². The highest BCUT2D eigenvalue weighted by atomic mass is 32.1. The van der Waals surface area contributed by atoms with Crippen LogP contribution in [0.2, 0.25) is 0 Å². The molecule has 0 radical (unpaired) electrons. The van der Waals surface area contributed by atoms with Crippen molar-refractivity contribution in [1.29, 1.82) is 0 Å². The van der Waals surface area contributed by atoms with Gasteiger partial charge in [0, 0.05) is 11.6 Å². The van der Waals surface area contributed by atoms with Crippen molar-refractivity contribution >= 4 is 28.1 Å². The molecule has 0 saturated heterocycles. The number of hydrogen-bond acceptors (Lipinski definition) is 5. The fourth-order valence-electron chi connectivity index (χ4n) is 1.43. The summed E-state index contributed by atoms with van der Waals surface area (Å²) in [6.07, 6.45) is 3.02. The van der Waals surface area contributed by atoms with Gasteiger partial charge >= 0.3 is 11.2 Å². The first-order chi connectivity index (χ1) is 8.00. The molecular formula is C10H9N3O3S. The van der Waals surface area contributed by atoms with Gasteiger partial charge in [0.1, 0.15) is 5.69 Å². The molecule has 0 aliphatic rings. The Kier molecular flexibility index (Phi) is 2.76. The summed E-state index contributed by atoms with van der Waals surface area (Å²) in [6, 6.07) is 0. The summed E-state index contributed by atoms with van der Waals surface area (Å²) in [7, 11) is 0. The standard InChI is InChI=1S/C10H9N3O3S/c1-6(2)5-7-8(13(15)16)9(14)12-3-4-17-10(12)11-7/h3-5H,1-2H3. The first-order valence-electron chi connectivity index (χ1n) is 4.80. The maximum Gasteiger partial charge on any atom is 0.359 e. The first kappa shape index (κ1) is 11.5. The van der Waals surface area contributed by atoms with Gasteiger partial charge in [0.15, 0.2) is 4.96 Å². The molecule has 0 aliphatic carbocycles. The second-order valence-electron chi connectivity index (χ2n) is 3.69. The van der Waals surface area contributed by atoms with Crippen molar-refractivity contribution in [3.8, 4) is 0 Å². The predicted octanol–water partition coefficient (Wildman–Crippen LogP) is 2.09. The number of nitrogens with zero attached hydrogens (tertiary/aromatic N) is 3. The van der Waals surface area contributed by atoms with Crippen LogP contribution in [0.4, 0.5) is 5.69 Å². The zero-order valence-corrected chi connectivity index (χ0v) is 10.0. The van der Waals surface area contributed by atoms with Gasteiger partial charge in [-0.15, -0.1) is 11.3 Å². The Balaban J connectivity index is 2.90. The number of nitro groups is 1. The Morgan fingerprint density at radius 3 is 2.88 bits per heavy atom. The van der Waals surface area contributed by atoms with Crippen molar-refractivity contribution in [2.24, 2.45) is 0 Å². The topological polar surface area (TPSA) is 77.5 Å². The maximum absolute atomic E-state index is 11.9. The second-order valence-corrected chi connectivity index (χ2v) is 4.56. The van der Waals surface area contributed by atoms with E-state index in [1.165, 1.54) is 21.9 Å². The summed E-state index contributed by atoms with van der Waals surface area (Å²) in [4.78, 5) is 26.7. The Morgan fingerprint density at radius 2 is 2.29 bits per heavy atom. The predicted molar refractivity (Wildman–Crippen MR) is 65.3 cm³/mol. The summed E-state index contributed by atoms with van der Waals surface area (Å²) in [6.45, 7) is 3.59. The Labute approximate surface area is 100 Å². The highest BCUT2D eigenvalue weighted by Gasteiger charge is 2.22. The minimum Gasteiger partial charge on any atom is -0.261 e. The van der Waals surface area contributed by atoms with Gasteiger partial charge in [-0.3, -0.25) is 19.3 Å². The van der Waals surface area contributed by atoms with Crippen LogP contribution in [0.5, 0.6) is 0 Å². The average Bonchev–Trinajstić information content (AvgIpc) is 2.64. The molecule has 0 N–H and O–H groups in total. The molecule has 7 heteroatoms. The summed E-state index contributed by atoms with van der Waals surface area (Å²) in [5.74, 6) is 0. The summed E-state index contributed by atoms with van der Waals surface area (Å²) in [5.41, 5.74) is -0.167. The van der Waals surface area contributed by atoms with Crippen molar-refractivity contribution in [3.05, 3.63) is 43.3 Å². The third-order valence-corrected chi connectivity index (χ3v) is 2.83. The number of hydrogen-bond donors (Lipinski definition) is 0. The van der Waals surface area contributed by atoms with Crippen LogP contribution in [0, 0.1) is 10.1 Å². The number of fused-ring (bicyclic) bond motifs is 1. The molecule has 0 saturated carbocycles. The molecule has 0 aliphatic heterocycles. The van der Waals surface area contributed by atoms with Crippen LogP contribution in [0.15, 0.2) is 21.9 Å². The van der Waals surface area contributed by atoms with E-state index in [2.05, 4.69) is 4.98 Å². The van der Waals surface area contributed by atoms with E-state index in [0.717, 1.165) is 5.57 Å². The number of aromatic nitrogens is 2. The van der Waals surface area contributed by atoms with Crippen molar-refractivity contribution < 1.29 is 4.92 Å². The molecule has 0 unspecified atom stereocenters. The number of allylic oxidation sites excluding steroid dienone is 1. The first-order valence-corrected chi connectivity index (χ1v) is 5.68. The van der Waals surface area contributed by atoms with E-state index < -0.39 is 16.2 Å². The SMILES string of the molecule is CC(C)=Cc1nc2sccn2c(=O)c1[N+](=O)[O-]. The Morgan fingerprint density at radius 1 is 1.59 bits per heavy atom. The van der Waals surface area contributed by atoms with E-state index in [0.29, 0.717) is 4.96 Å². The molecule has 0 spiro atoms. The minimum absolute atomic E-state index is 0.113. The Bertz CT molecular complexity index is 680. The van der Waals surface area contributed by atoms with Gasteiger partial charge in [-0.2, -0.15) is 0 Å². The lowest BCUT2D eigenvalue weighted by Crippen LogP contribution is -2.18. The van der Waals surface area contributed by atoms with Gasteiger partial charge in [0.2, 0.25) is 0 Å².